The van der Waals surface area contributed by atoms with Gasteiger partial charge in [-0.2, -0.15) is 0 Å². The lowest BCUT2D eigenvalue weighted by atomic mass is 10.0. The number of anilines is 1. The molecule has 10 heteroatoms. The number of hydrogen-bond acceptors (Lipinski definition) is 7. The lowest BCUT2D eigenvalue weighted by Gasteiger charge is -2.06. The molecule has 1 unspecified atom stereocenters. The van der Waals surface area contributed by atoms with Crippen molar-refractivity contribution in [2.45, 2.75) is 12.3 Å². The summed E-state index contributed by atoms with van der Waals surface area (Å²) in [5.41, 5.74) is 12.1. The first-order valence-corrected chi connectivity index (χ1v) is 8.28. The Morgan fingerprint density at radius 1 is 1.33 bits per heavy atom. The summed E-state index contributed by atoms with van der Waals surface area (Å²) in [4.78, 5) is 29.6. The van der Waals surface area contributed by atoms with Gasteiger partial charge in [-0.3, -0.25) is 9.59 Å². The van der Waals surface area contributed by atoms with Gasteiger partial charge in [0.2, 0.25) is 5.91 Å². The van der Waals surface area contributed by atoms with E-state index in [0.29, 0.717) is 35.9 Å². The lowest BCUT2D eigenvalue weighted by Crippen LogP contribution is -2.21. The van der Waals surface area contributed by atoms with Crippen molar-refractivity contribution in [2.75, 3.05) is 19.3 Å². The number of amides is 2. The van der Waals surface area contributed by atoms with E-state index in [4.69, 9.17) is 16.0 Å². The van der Waals surface area contributed by atoms with Crippen molar-refractivity contribution in [1.82, 2.24) is 24.8 Å². The molecule has 0 aliphatic carbocycles. The van der Waals surface area contributed by atoms with Gasteiger partial charge in [-0.05, 0) is 18.6 Å². The molecule has 1 saturated heterocycles. The molecule has 0 bridgehead atoms. The first-order chi connectivity index (χ1) is 12.9. The maximum Gasteiger partial charge on any atom is 0.254 e. The highest BCUT2D eigenvalue weighted by Crippen LogP contribution is 2.30. The van der Waals surface area contributed by atoms with Gasteiger partial charge in [0.1, 0.15) is 22.9 Å². The van der Waals surface area contributed by atoms with Crippen LogP contribution >= 0.6 is 0 Å². The smallest absolute Gasteiger partial charge is 0.254 e. The molecule has 1 aliphatic rings. The van der Waals surface area contributed by atoms with Gasteiger partial charge in [-0.15, -0.1) is 5.10 Å². The molecule has 4 heterocycles. The summed E-state index contributed by atoms with van der Waals surface area (Å²) in [7, 11) is 1.76. The van der Waals surface area contributed by atoms with Crippen LogP contribution in [0.5, 0.6) is 0 Å². The van der Waals surface area contributed by atoms with Gasteiger partial charge in [0.05, 0.1) is 5.69 Å². The van der Waals surface area contributed by atoms with E-state index < -0.39 is 5.91 Å². The number of primary amides is 1. The summed E-state index contributed by atoms with van der Waals surface area (Å²) in [5, 5.41) is 8.10. The Kier molecular flexibility index (Phi) is 3.87. The van der Waals surface area contributed by atoms with Gasteiger partial charge >= 0.3 is 0 Å². The second kappa shape index (κ2) is 6.24. The van der Waals surface area contributed by atoms with Crippen molar-refractivity contribution in [2.24, 2.45) is 5.73 Å². The van der Waals surface area contributed by atoms with Gasteiger partial charge in [0.25, 0.3) is 5.91 Å². The fraction of sp³-hybridized carbons (Fsp3) is 0.235. The fourth-order valence-corrected chi connectivity index (χ4v) is 3.05. The highest BCUT2D eigenvalue weighted by atomic mass is 16.5. The second-order valence-electron chi connectivity index (χ2n) is 6.33. The standard InChI is InChI=1S/C17H17N7O3/c1-23-6-5-9(17(23)26)13-7-12(22-27-13)11-3-2-4-14(20-11)24-8-10(16(19)25)15(18)21-24/h2-4,7-9H,5-6H2,1H3,(H2,18,21)(H2,19,25). The number of likely N-dealkylation sites (tertiary alicyclic amines) is 1. The zero-order chi connectivity index (χ0) is 19.1. The molecule has 10 nitrogen and oxygen atoms in total. The van der Waals surface area contributed by atoms with Crippen LogP contribution in [0.2, 0.25) is 0 Å². The largest absolute Gasteiger partial charge is 0.382 e. The average molecular weight is 367 g/mol. The molecule has 4 rings (SSSR count). The summed E-state index contributed by atoms with van der Waals surface area (Å²) in [6, 6.07) is 6.95. The number of carbonyl (C=O) groups excluding carboxylic acids is 2. The maximum atomic E-state index is 12.1. The molecule has 4 N–H and O–H groups in total. The van der Waals surface area contributed by atoms with Crippen LogP contribution in [0.1, 0.15) is 28.5 Å². The Labute approximate surface area is 153 Å². The third-order valence-electron chi connectivity index (χ3n) is 4.54. The normalized spacial score (nSPS) is 16.9. The van der Waals surface area contributed by atoms with Crippen LogP contribution in [0.3, 0.4) is 0 Å². The maximum absolute atomic E-state index is 12.1. The summed E-state index contributed by atoms with van der Waals surface area (Å²) < 4.78 is 6.75. The number of carbonyl (C=O) groups is 2. The number of nitrogens with two attached hydrogens (primary N) is 2. The van der Waals surface area contributed by atoms with Crippen LogP contribution in [0.25, 0.3) is 17.2 Å². The van der Waals surface area contributed by atoms with E-state index in [1.165, 1.54) is 10.9 Å². The molecule has 1 atom stereocenters. The zero-order valence-corrected chi connectivity index (χ0v) is 14.5. The summed E-state index contributed by atoms with van der Waals surface area (Å²) in [5.74, 6) is 0.0252. The molecule has 138 valence electrons. The topological polar surface area (TPSA) is 146 Å². The molecule has 3 aromatic heterocycles. The van der Waals surface area contributed by atoms with Crippen LogP contribution in [0.15, 0.2) is 35.0 Å². The van der Waals surface area contributed by atoms with Crippen LogP contribution in [0, 0.1) is 0 Å². The number of hydrogen-bond donors (Lipinski definition) is 2. The van der Waals surface area contributed by atoms with Crippen molar-refractivity contribution in [3.8, 4) is 17.2 Å². The molecular weight excluding hydrogens is 350 g/mol. The zero-order valence-electron chi connectivity index (χ0n) is 14.5. The molecule has 3 aromatic rings. The van der Waals surface area contributed by atoms with Gasteiger partial charge < -0.3 is 20.9 Å². The Morgan fingerprint density at radius 3 is 2.81 bits per heavy atom. The van der Waals surface area contributed by atoms with Gasteiger partial charge in [0.15, 0.2) is 11.6 Å². The minimum Gasteiger partial charge on any atom is -0.382 e. The Hall–Kier alpha value is -3.69. The van der Waals surface area contributed by atoms with E-state index in [1.54, 1.807) is 36.2 Å². The third-order valence-corrected chi connectivity index (χ3v) is 4.54. The first-order valence-electron chi connectivity index (χ1n) is 8.28. The molecule has 0 aromatic carbocycles. The van der Waals surface area contributed by atoms with Crippen molar-refractivity contribution < 1.29 is 14.1 Å². The Balaban J connectivity index is 1.65. The quantitative estimate of drug-likeness (QED) is 0.684. The predicted octanol–water partition coefficient (Wildman–Crippen LogP) is 0.549. The van der Waals surface area contributed by atoms with Crippen molar-refractivity contribution in [3.63, 3.8) is 0 Å². The molecule has 2 amide bonds. The van der Waals surface area contributed by atoms with Gasteiger partial charge in [-0.1, -0.05) is 11.2 Å². The summed E-state index contributed by atoms with van der Waals surface area (Å²) in [6.45, 7) is 0.691. The third kappa shape index (κ3) is 2.90. The Bertz CT molecular complexity index is 1040. The predicted molar refractivity (Wildman–Crippen MR) is 94.8 cm³/mol. The van der Waals surface area contributed by atoms with Crippen LogP contribution < -0.4 is 11.5 Å². The van der Waals surface area contributed by atoms with Crippen molar-refractivity contribution in [3.05, 3.63) is 41.8 Å². The molecule has 1 aliphatic heterocycles. The van der Waals surface area contributed by atoms with Crippen molar-refractivity contribution in [1.29, 1.82) is 0 Å². The number of aromatic nitrogens is 4. The van der Waals surface area contributed by atoms with E-state index in [9.17, 15) is 9.59 Å². The van der Waals surface area contributed by atoms with Crippen LogP contribution in [0.4, 0.5) is 5.82 Å². The molecule has 1 fully saturated rings. The number of likely N-dealkylation sites (N-methyl/N-ethyl adjacent to an activating group) is 1. The SMILES string of the molecule is CN1CCC(c2cc(-c3cccc(-n4cc(C(N)=O)c(N)n4)n3)no2)C1=O. The number of pyridine rings is 1. The minimum absolute atomic E-state index is 0.0189. The molecule has 0 radical (unpaired) electrons. The molecular formula is C17H17N7O3. The van der Waals surface area contributed by atoms with E-state index in [1.807, 2.05) is 0 Å². The fourth-order valence-electron chi connectivity index (χ4n) is 3.05. The lowest BCUT2D eigenvalue weighted by molar-refractivity contribution is -0.128. The van der Waals surface area contributed by atoms with Crippen LogP contribution in [-0.2, 0) is 4.79 Å². The Morgan fingerprint density at radius 2 is 2.15 bits per heavy atom. The molecule has 27 heavy (non-hydrogen) atoms. The summed E-state index contributed by atoms with van der Waals surface area (Å²) >= 11 is 0. The first kappa shape index (κ1) is 16.8. The highest BCUT2D eigenvalue weighted by molar-refractivity contribution is 5.97. The van der Waals surface area contributed by atoms with E-state index >= 15 is 0 Å². The number of nitrogen functional groups attached to an aromatic ring is 1. The van der Waals surface area contributed by atoms with E-state index in [-0.39, 0.29) is 23.2 Å². The monoisotopic (exact) mass is 367 g/mol. The van der Waals surface area contributed by atoms with Gasteiger partial charge in [0, 0.05) is 25.9 Å². The van der Waals surface area contributed by atoms with E-state index in [0.717, 1.165) is 0 Å². The minimum atomic E-state index is -0.665. The number of rotatable bonds is 4. The second-order valence-corrected chi connectivity index (χ2v) is 6.33. The van der Waals surface area contributed by atoms with E-state index in [2.05, 4.69) is 15.2 Å². The molecule has 0 saturated carbocycles. The molecule has 0 spiro atoms. The van der Waals surface area contributed by atoms with Gasteiger partial charge in [-0.25, -0.2) is 9.67 Å². The summed E-state index contributed by atoms with van der Waals surface area (Å²) in [6.07, 6.45) is 2.12. The highest BCUT2D eigenvalue weighted by Gasteiger charge is 2.33. The van der Waals surface area contributed by atoms with Crippen molar-refractivity contribution >= 4 is 17.6 Å². The number of nitrogens with zero attached hydrogens (tertiary/aromatic N) is 5. The average Bonchev–Trinajstić information content (AvgIpc) is 3.35. The van der Waals surface area contributed by atoms with Crippen LogP contribution in [-0.4, -0.2) is 50.2 Å².